The van der Waals surface area contributed by atoms with Crippen LogP contribution in [0.4, 0.5) is 0 Å². The van der Waals surface area contributed by atoms with Gasteiger partial charge < -0.3 is 4.42 Å². The predicted molar refractivity (Wildman–Crippen MR) is 66.2 cm³/mol. The van der Waals surface area contributed by atoms with Gasteiger partial charge in [-0.25, -0.2) is 0 Å². The molecule has 2 aromatic heterocycles. The number of aromatic nitrogens is 1. The van der Waals surface area contributed by atoms with Crippen LogP contribution in [-0.4, -0.2) is 4.98 Å². The fraction of sp³-hybridized carbons (Fsp3) is 0.308. The molecule has 0 fully saturated rings. The molecule has 2 aromatic rings. The second kappa shape index (κ2) is 5.12. The van der Waals surface area contributed by atoms with Crippen molar-refractivity contribution in [2.75, 3.05) is 0 Å². The van der Waals surface area contributed by atoms with Gasteiger partial charge >= 0.3 is 0 Å². The third kappa shape index (κ3) is 2.72. The van der Waals surface area contributed by atoms with Crippen molar-refractivity contribution in [3.63, 3.8) is 0 Å². The number of pyridine rings is 1. The maximum absolute atomic E-state index is 5.62. The molecule has 0 aromatic carbocycles. The molecule has 0 spiro atoms. The molecule has 0 amide bonds. The van der Waals surface area contributed by atoms with Gasteiger partial charge in [0.1, 0.15) is 11.5 Å². The van der Waals surface area contributed by atoms with Crippen molar-refractivity contribution in [1.82, 2.24) is 10.4 Å². The molecule has 0 bridgehead atoms. The van der Waals surface area contributed by atoms with Crippen molar-refractivity contribution < 1.29 is 4.42 Å². The molecule has 1 atom stereocenters. The SMILES string of the molecule is Cc1cc(C(Cc2ccncc2)NN)c(C)o1. The molecule has 17 heavy (non-hydrogen) atoms. The highest BCUT2D eigenvalue weighted by atomic mass is 16.3. The minimum atomic E-state index is 0.0647. The van der Waals surface area contributed by atoms with E-state index in [1.165, 1.54) is 5.56 Å². The normalized spacial score (nSPS) is 12.6. The monoisotopic (exact) mass is 231 g/mol. The van der Waals surface area contributed by atoms with Gasteiger partial charge in [0.15, 0.2) is 0 Å². The fourth-order valence-corrected chi connectivity index (χ4v) is 2.01. The topological polar surface area (TPSA) is 64.1 Å². The summed E-state index contributed by atoms with van der Waals surface area (Å²) in [7, 11) is 0. The largest absolute Gasteiger partial charge is 0.466 e. The highest BCUT2D eigenvalue weighted by molar-refractivity contribution is 5.26. The molecule has 90 valence electrons. The number of furan rings is 1. The summed E-state index contributed by atoms with van der Waals surface area (Å²) >= 11 is 0. The molecule has 0 aliphatic carbocycles. The zero-order valence-corrected chi connectivity index (χ0v) is 10.1. The van der Waals surface area contributed by atoms with Crippen LogP contribution in [-0.2, 0) is 6.42 Å². The van der Waals surface area contributed by atoms with E-state index in [-0.39, 0.29) is 6.04 Å². The predicted octanol–water partition coefficient (Wildman–Crippen LogP) is 2.04. The Morgan fingerprint density at radius 2 is 2.06 bits per heavy atom. The lowest BCUT2D eigenvalue weighted by atomic mass is 10.0. The summed E-state index contributed by atoms with van der Waals surface area (Å²) in [5, 5.41) is 0. The number of nitrogens with zero attached hydrogens (tertiary/aromatic N) is 1. The standard InChI is InChI=1S/C13H17N3O/c1-9-7-12(10(2)17-9)13(16-14)8-11-3-5-15-6-4-11/h3-7,13,16H,8,14H2,1-2H3. The molecule has 0 saturated heterocycles. The Morgan fingerprint density at radius 1 is 1.35 bits per heavy atom. The second-order valence-corrected chi connectivity index (χ2v) is 4.15. The Labute approximate surface area is 101 Å². The Morgan fingerprint density at radius 3 is 2.59 bits per heavy atom. The molecule has 1 unspecified atom stereocenters. The summed E-state index contributed by atoms with van der Waals surface area (Å²) in [6.45, 7) is 3.90. The summed E-state index contributed by atoms with van der Waals surface area (Å²) in [6, 6.07) is 6.08. The van der Waals surface area contributed by atoms with Crippen LogP contribution in [0.15, 0.2) is 35.0 Å². The number of nitrogens with one attached hydrogen (secondary N) is 1. The maximum Gasteiger partial charge on any atom is 0.105 e. The van der Waals surface area contributed by atoms with Crippen molar-refractivity contribution in [1.29, 1.82) is 0 Å². The minimum Gasteiger partial charge on any atom is -0.466 e. The summed E-state index contributed by atoms with van der Waals surface area (Å²) in [5.41, 5.74) is 5.15. The Hall–Kier alpha value is -1.65. The van der Waals surface area contributed by atoms with E-state index >= 15 is 0 Å². The molecule has 0 aliphatic rings. The van der Waals surface area contributed by atoms with E-state index in [9.17, 15) is 0 Å². The van der Waals surface area contributed by atoms with Crippen LogP contribution in [0.1, 0.15) is 28.7 Å². The zero-order chi connectivity index (χ0) is 12.3. The second-order valence-electron chi connectivity index (χ2n) is 4.15. The molecule has 0 aliphatic heterocycles. The average Bonchev–Trinajstić information content (AvgIpc) is 2.67. The van der Waals surface area contributed by atoms with E-state index in [4.69, 9.17) is 10.3 Å². The van der Waals surface area contributed by atoms with Gasteiger partial charge in [-0.05, 0) is 44.0 Å². The van der Waals surface area contributed by atoms with Gasteiger partial charge in [-0.2, -0.15) is 0 Å². The van der Waals surface area contributed by atoms with Crippen molar-refractivity contribution in [3.8, 4) is 0 Å². The van der Waals surface area contributed by atoms with Crippen LogP contribution in [0, 0.1) is 13.8 Å². The quantitative estimate of drug-likeness (QED) is 0.624. The molecular formula is C13H17N3O. The van der Waals surface area contributed by atoms with E-state index in [1.54, 1.807) is 12.4 Å². The van der Waals surface area contributed by atoms with Crippen LogP contribution in [0.3, 0.4) is 0 Å². The van der Waals surface area contributed by atoms with Gasteiger partial charge in [-0.3, -0.25) is 16.3 Å². The fourth-order valence-electron chi connectivity index (χ4n) is 2.01. The minimum absolute atomic E-state index is 0.0647. The van der Waals surface area contributed by atoms with Crippen LogP contribution < -0.4 is 11.3 Å². The number of rotatable bonds is 4. The molecule has 4 heteroatoms. The van der Waals surface area contributed by atoms with Gasteiger partial charge in [0.2, 0.25) is 0 Å². The highest BCUT2D eigenvalue weighted by Crippen LogP contribution is 2.23. The van der Waals surface area contributed by atoms with Crippen LogP contribution in [0.25, 0.3) is 0 Å². The van der Waals surface area contributed by atoms with Crippen molar-refractivity contribution >= 4 is 0 Å². The van der Waals surface area contributed by atoms with E-state index in [0.717, 1.165) is 23.5 Å². The van der Waals surface area contributed by atoms with E-state index in [0.29, 0.717) is 0 Å². The lowest BCUT2D eigenvalue weighted by molar-refractivity contribution is 0.484. The smallest absolute Gasteiger partial charge is 0.105 e. The Balaban J connectivity index is 2.20. The molecule has 4 nitrogen and oxygen atoms in total. The first-order chi connectivity index (χ1) is 8.20. The third-order valence-corrected chi connectivity index (χ3v) is 2.85. The number of hydrazine groups is 1. The molecular weight excluding hydrogens is 214 g/mol. The highest BCUT2D eigenvalue weighted by Gasteiger charge is 2.16. The lowest BCUT2D eigenvalue weighted by Crippen LogP contribution is -2.29. The van der Waals surface area contributed by atoms with Gasteiger partial charge in [0.05, 0.1) is 6.04 Å². The third-order valence-electron chi connectivity index (χ3n) is 2.85. The number of aryl methyl sites for hydroxylation is 2. The first-order valence-electron chi connectivity index (χ1n) is 5.62. The van der Waals surface area contributed by atoms with Crippen molar-refractivity contribution in [2.24, 2.45) is 5.84 Å². The number of hydrogen-bond donors (Lipinski definition) is 2. The lowest BCUT2D eigenvalue weighted by Gasteiger charge is -2.15. The summed E-state index contributed by atoms with van der Waals surface area (Å²) in [5.74, 6) is 7.45. The zero-order valence-electron chi connectivity index (χ0n) is 10.1. The van der Waals surface area contributed by atoms with Crippen LogP contribution >= 0.6 is 0 Å². The number of hydrogen-bond acceptors (Lipinski definition) is 4. The van der Waals surface area contributed by atoms with Gasteiger partial charge in [0, 0.05) is 18.0 Å². The molecule has 2 rings (SSSR count). The maximum atomic E-state index is 5.62. The van der Waals surface area contributed by atoms with E-state index in [1.807, 2.05) is 32.0 Å². The Kier molecular flexibility index (Phi) is 3.56. The van der Waals surface area contributed by atoms with E-state index < -0.39 is 0 Å². The van der Waals surface area contributed by atoms with E-state index in [2.05, 4.69) is 10.4 Å². The molecule has 0 saturated carbocycles. The first kappa shape index (κ1) is 11.8. The summed E-state index contributed by atoms with van der Waals surface area (Å²) < 4.78 is 5.53. The first-order valence-corrected chi connectivity index (χ1v) is 5.62. The van der Waals surface area contributed by atoms with Crippen molar-refractivity contribution in [2.45, 2.75) is 26.3 Å². The van der Waals surface area contributed by atoms with Crippen LogP contribution in [0.5, 0.6) is 0 Å². The van der Waals surface area contributed by atoms with Gasteiger partial charge in [-0.1, -0.05) is 0 Å². The summed E-state index contributed by atoms with van der Waals surface area (Å²) in [6.07, 6.45) is 4.39. The Bertz CT molecular complexity index is 479. The summed E-state index contributed by atoms with van der Waals surface area (Å²) in [4.78, 5) is 4.00. The van der Waals surface area contributed by atoms with Gasteiger partial charge in [-0.15, -0.1) is 0 Å². The molecule has 0 radical (unpaired) electrons. The molecule has 3 N–H and O–H groups in total. The van der Waals surface area contributed by atoms with Crippen LogP contribution in [0.2, 0.25) is 0 Å². The molecule has 2 heterocycles. The number of nitrogens with two attached hydrogens (primary N) is 1. The van der Waals surface area contributed by atoms with Gasteiger partial charge in [0.25, 0.3) is 0 Å². The average molecular weight is 231 g/mol. The van der Waals surface area contributed by atoms with Crippen molar-refractivity contribution in [3.05, 3.63) is 53.2 Å².